The largest absolute Gasteiger partial charge is 0.508 e. The maximum Gasteiger partial charge on any atom is 0.120 e. The summed E-state index contributed by atoms with van der Waals surface area (Å²) in [5, 5.41) is 10.0. The number of rotatable bonds is 6. The Hall–Kier alpha value is -0.750. The highest BCUT2D eigenvalue weighted by atomic mass is 32.9. The number of phenols is 1. The first kappa shape index (κ1) is 16.6. The summed E-state index contributed by atoms with van der Waals surface area (Å²) in [6.07, 6.45) is 3.40. The zero-order valence-electron chi connectivity index (χ0n) is 12.7. The SMILES string of the molecule is CCCCc1c(-c2ccc(O)c(CN(C)C)c2)ssc1=S. The molecule has 21 heavy (non-hydrogen) atoms. The summed E-state index contributed by atoms with van der Waals surface area (Å²) in [6, 6.07) is 5.89. The van der Waals surface area contributed by atoms with Gasteiger partial charge in [0, 0.05) is 12.1 Å². The zero-order chi connectivity index (χ0) is 15.4. The Labute approximate surface area is 139 Å². The molecule has 2 aromatic rings. The van der Waals surface area contributed by atoms with Crippen LogP contribution in [-0.2, 0) is 13.0 Å². The van der Waals surface area contributed by atoms with E-state index in [2.05, 4.69) is 17.9 Å². The van der Waals surface area contributed by atoms with Crippen LogP contribution >= 0.6 is 32.9 Å². The Morgan fingerprint density at radius 2 is 2.00 bits per heavy atom. The van der Waals surface area contributed by atoms with Crippen molar-refractivity contribution in [1.82, 2.24) is 4.90 Å². The predicted octanol–water partition coefficient (Wildman–Crippen LogP) is 5.32. The molecule has 0 saturated heterocycles. The monoisotopic (exact) mass is 339 g/mol. The number of aromatic hydroxyl groups is 1. The average Bonchev–Trinajstić information content (AvgIpc) is 2.80. The third-order valence-corrected chi connectivity index (χ3v) is 6.52. The number of phenolic OH excluding ortho intramolecular Hbond substituents is 1. The highest BCUT2D eigenvalue weighted by Crippen LogP contribution is 2.37. The first-order chi connectivity index (χ1) is 10.0. The van der Waals surface area contributed by atoms with Gasteiger partial charge >= 0.3 is 0 Å². The van der Waals surface area contributed by atoms with Gasteiger partial charge in [-0.15, -0.1) is 0 Å². The second-order valence-corrected chi connectivity index (χ2v) is 8.26. The van der Waals surface area contributed by atoms with Crippen molar-refractivity contribution < 1.29 is 5.11 Å². The van der Waals surface area contributed by atoms with Gasteiger partial charge in [-0.05, 0) is 56.3 Å². The van der Waals surface area contributed by atoms with Gasteiger partial charge in [0.2, 0.25) is 0 Å². The van der Waals surface area contributed by atoms with Crippen LogP contribution in [0.5, 0.6) is 5.75 Å². The summed E-state index contributed by atoms with van der Waals surface area (Å²) in [5.74, 6) is 0.362. The topological polar surface area (TPSA) is 23.5 Å². The molecule has 1 aromatic heterocycles. The van der Waals surface area contributed by atoms with Crippen molar-refractivity contribution in [2.24, 2.45) is 0 Å². The van der Waals surface area contributed by atoms with Gasteiger partial charge in [0.25, 0.3) is 0 Å². The molecule has 1 aromatic carbocycles. The minimum absolute atomic E-state index is 0.362. The maximum absolute atomic E-state index is 10.0. The lowest BCUT2D eigenvalue weighted by Gasteiger charge is -2.13. The van der Waals surface area contributed by atoms with Crippen molar-refractivity contribution >= 4 is 32.9 Å². The summed E-state index contributed by atoms with van der Waals surface area (Å²) >= 11 is 5.49. The third-order valence-electron chi connectivity index (χ3n) is 3.33. The Morgan fingerprint density at radius 3 is 2.67 bits per heavy atom. The van der Waals surface area contributed by atoms with E-state index in [9.17, 15) is 5.11 Å². The smallest absolute Gasteiger partial charge is 0.120 e. The van der Waals surface area contributed by atoms with Crippen LogP contribution in [0.3, 0.4) is 0 Å². The van der Waals surface area contributed by atoms with Gasteiger partial charge in [-0.2, -0.15) is 0 Å². The number of nitrogens with zero attached hydrogens (tertiary/aromatic N) is 1. The van der Waals surface area contributed by atoms with Crippen LogP contribution in [0.15, 0.2) is 18.2 Å². The lowest BCUT2D eigenvalue weighted by Crippen LogP contribution is -2.10. The summed E-state index contributed by atoms with van der Waals surface area (Å²) < 4.78 is 1.02. The summed E-state index contributed by atoms with van der Waals surface area (Å²) in [7, 11) is 7.45. The Kier molecular flexibility index (Phi) is 5.93. The van der Waals surface area contributed by atoms with E-state index in [0.717, 1.165) is 22.4 Å². The number of unbranched alkanes of at least 4 members (excludes halogenated alkanes) is 1. The van der Waals surface area contributed by atoms with Crippen LogP contribution < -0.4 is 0 Å². The van der Waals surface area contributed by atoms with Crippen LogP contribution in [0.1, 0.15) is 30.9 Å². The Bertz CT molecular complexity index is 658. The Morgan fingerprint density at radius 1 is 1.24 bits per heavy atom. The van der Waals surface area contributed by atoms with Crippen molar-refractivity contribution in [3.8, 4) is 16.2 Å². The molecule has 0 spiro atoms. The second-order valence-electron chi connectivity index (χ2n) is 5.45. The van der Waals surface area contributed by atoms with E-state index in [-0.39, 0.29) is 0 Å². The lowest BCUT2D eigenvalue weighted by molar-refractivity contribution is 0.386. The third kappa shape index (κ3) is 4.13. The minimum atomic E-state index is 0.362. The molecule has 0 bridgehead atoms. The molecule has 0 amide bonds. The normalized spacial score (nSPS) is 11.2. The van der Waals surface area contributed by atoms with Gasteiger partial charge in [-0.25, -0.2) is 0 Å². The van der Waals surface area contributed by atoms with Crippen LogP contribution in [0.2, 0.25) is 0 Å². The van der Waals surface area contributed by atoms with Gasteiger partial charge in [0.05, 0.1) is 4.88 Å². The van der Waals surface area contributed by atoms with Crippen LogP contribution in [0, 0.1) is 3.82 Å². The van der Waals surface area contributed by atoms with Crippen LogP contribution in [0.25, 0.3) is 10.4 Å². The fraction of sp³-hybridized carbons (Fsp3) is 0.438. The molecule has 0 atom stereocenters. The quantitative estimate of drug-likeness (QED) is 0.569. The maximum atomic E-state index is 10.0. The van der Waals surface area contributed by atoms with Crippen molar-refractivity contribution in [2.75, 3.05) is 14.1 Å². The standard InChI is InChI=1S/C16H21NOS3/c1-4-5-6-13-15(20-21-16(13)19)11-7-8-14(18)12(9-11)10-17(2)3/h7-9,18H,4-6,10H2,1-3H3. The van der Waals surface area contributed by atoms with E-state index in [4.69, 9.17) is 12.2 Å². The molecule has 114 valence electrons. The molecule has 1 heterocycles. The van der Waals surface area contributed by atoms with E-state index in [1.165, 1.54) is 28.8 Å². The van der Waals surface area contributed by atoms with Gasteiger partial charge in [-0.1, -0.05) is 46.2 Å². The van der Waals surface area contributed by atoms with E-state index >= 15 is 0 Å². The molecule has 0 unspecified atom stereocenters. The highest BCUT2D eigenvalue weighted by Gasteiger charge is 2.12. The molecular weight excluding hydrogens is 318 g/mol. The second kappa shape index (κ2) is 7.49. The highest BCUT2D eigenvalue weighted by molar-refractivity contribution is 7.80. The fourth-order valence-corrected chi connectivity index (χ4v) is 5.26. The van der Waals surface area contributed by atoms with Gasteiger partial charge in [0.1, 0.15) is 9.57 Å². The van der Waals surface area contributed by atoms with Crippen molar-refractivity contribution in [3.05, 3.63) is 33.1 Å². The summed E-state index contributed by atoms with van der Waals surface area (Å²) in [6.45, 7) is 2.94. The molecule has 0 aliphatic carbocycles. The van der Waals surface area contributed by atoms with Gasteiger partial charge in [-0.3, -0.25) is 0 Å². The van der Waals surface area contributed by atoms with E-state index < -0.39 is 0 Å². The summed E-state index contributed by atoms with van der Waals surface area (Å²) in [4.78, 5) is 3.34. The molecular formula is C16H21NOS3. The first-order valence-electron chi connectivity index (χ1n) is 7.12. The van der Waals surface area contributed by atoms with Gasteiger partial charge < -0.3 is 10.0 Å². The van der Waals surface area contributed by atoms with E-state index in [1.54, 1.807) is 26.7 Å². The molecule has 1 N–H and O–H groups in total. The molecule has 0 aliphatic heterocycles. The van der Waals surface area contributed by atoms with Crippen molar-refractivity contribution in [1.29, 1.82) is 0 Å². The van der Waals surface area contributed by atoms with E-state index in [1.807, 2.05) is 20.2 Å². The average molecular weight is 340 g/mol. The molecule has 0 radical (unpaired) electrons. The molecule has 0 aliphatic rings. The zero-order valence-corrected chi connectivity index (χ0v) is 15.1. The number of hydrogen-bond acceptors (Lipinski definition) is 5. The number of hydrogen-bond donors (Lipinski definition) is 1. The Balaban J connectivity index is 2.40. The lowest BCUT2D eigenvalue weighted by atomic mass is 10.0. The van der Waals surface area contributed by atoms with Gasteiger partial charge in [0.15, 0.2) is 0 Å². The number of benzene rings is 1. The van der Waals surface area contributed by atoms with Crippen molar-refractivity contribution in [3.63, 3.8) is 0 Å². The first-order valence-corrected chi connectivity index (χ1v) is 9.67. The molecule has 5 heteroatoms. The van der Waals surface area contributed by atoms with Crippen LogP contribution in [0.4, 0.5) is 0 Å². The van der Waals surface area contributed by atoms with Crippen LogP contribution in [-0.4, -0.2) is 24.1 Å². The fourth-order valence-electron chi connectivity index (χ4n) is 2.26. The minimum Gasteiger partial charge on any atom is -0.508 e. The summed E-state index contributed by atoms with van der Waals surface area (Å²) in [5.41, 5.74) is 3.44. The molecule has 0 fully saturated rings. The van der Waals surface area contributed by atoms with Crippen molar-refractivity contribution in [2.45, 2.75) is 32.7 Å². The molecule has 2 nitrogen and oxygen atoms in total. The van der Waals surface area contributed by atoms with E-state index in [0.29, 0.717) is 5.75 Å². The molecule has 0 saturated carbocycles. The molecule has 2 rings (SSSR count). The predicted molar refractivity (Wildman–Crippen MR) is 96.1 cm³/mol.